The van der Waals surface area contributed by atoms with Crippen LogP contribution in [0.25, 0.3) is 39.0 Å². The van der Waals surface area contributed by atoms with Crippen molar-refractivity contribution in [1.29, 1.82) is 0 Å². The highest BCUT2D eigenvalue weighted by molar-refractivity contribution is 7.90. The van der Waals surface area contributed by atoms with Crippen molar-refractivity contribution >= 4 is 31.6 Å². The van der Waals surface area contributed by atoms with E-state index in [1.165, 1.54) is 6.20 Å². The van der Waals surface area contributed by atoms with Crippen LogP contribution in [0.1, 0.15) is 0 Å². The van der Waals surface area contributed by atoms with E-state index in [4.69, 9.17) is 9.72 Å². The van der Waals surface area contributed by atoms with Gasteiger partial charge in [-0.15, -0.1) is 0 Å². The number of nitrogens with zero attached hydrogens (tertiary/aromatic N) is 4. The van der Waals surface area contributed by atoms with E-state index in [0.29, 0.717) is 22.9 Å². The maximum absolute atomic E-state index is 12.0. The minimum absolute atomic E-state index is 0.232. The van der Waals surface area contributed by atoms with Crippen LogP contribution in [0.5, 0.6) is 5.75 Å². The molecule has 0 amide bonds. The number of aromatic nitrogens is 4. The minimum atomic E-state index is -3.56. The molecule has 0 radical (unpaired) electrons. The molecule has 0 N–H and O–H groups in total. The first-order chi connectivity index (χ1) is 14.9. The van der Waals surface area contributed by atoms with Gasteiger partial charge in [0, 0.05) is 24.1 Å². The van der Waals surface area contributed by atoms with Crippen molar-refractivity contribution in [2.45, 2.75) is 5.16 Å². The monoisotopic (exact) mass is 430 g/mol. The molecule has 0 aliphatic heterocycles. The molecule has 31 heavy (non-hydrogen) atoms. The predicted molar refractivity (Wildman–Crippen MR) is 119 cm³/mol. The summed E-state index contributed by atoms with van der Waals surface area (Å²) in [5.41, 5.74) is 2.37. The van der Waals surface area contributed by atoms with Gasteiger partial charge in [-0.05, 0) is 35.0 Å². The molecule has 154 valence electrons. The smallest absolute Gasteiger partial charge is 0.248 e. The van der Waals surface area contributed by atoms with E-state index in [9.17, 15) is 8.42 Å². The SMILES string of the molecule is COc1ccc2c(c1)nc(-c1ccc3ccccc3c1)n2-c1ccnc(S(C)(=O)=O)n1. The van der Waals surface area contributed by atoms with Gasteiger partial charge >= 0.3 is 0 Å². The van der Waals surface area contributed by atoms with Crippen molar-refractivity contribution in [3.63, 3.8) is 0 Å². The van der Waals surface area contributed by atoms with Gasteiger partial charge in [0.05, 0.1) is 18.1 Å². The molecule has 0 atom stereocenters. The van der Waals surface area contributed by atoms with Crippen LogP contribution in [-0.4, -0.2) is 41.3 Å². The lowest BCUT2D eigenvalue weighted by molar-refractivity contribution is 0.415. The van der Waals surface area contributed by atoms with Crippen molar-refractivity contribution in [3.05, 3.63) is 72.9 Å². The molecule has 8 heteroatoms. The van der Waals surface area contributed by atoms with Crippen LogP contribution in [0.3, 0.4) is 0 Å². The van der Waals surface area contributed by atoms with Crippen LogP contribution in [-0.2, 0) is 9.84 Å². The Kier molecular flexibility index (Phi) is 4.44. The zero-order valence-electron chi connectivity index (χ0n) is 16.9. The van der Waals surface area contributed by atoms with Crippen LogP contribution in [0.4, 0.5) is 0 Å². The van der Waals surface area contributed by atoms with E-state index in [1.807, 2.05) is 53.1 Å². The molecule has 0 bridgehead atoms. The second-order valence-corrected chi connectivity index (χ2v) is 9.07. The van der Waals surface area contributed by atoms with Crippen LogP contribution in [0.2, 0.25) is 0 Å². The molecule has 0 saturated heterocycles. The summed E-state index contributed by atoms with van der Waals surface area (Å²) < 4.78 is 31.3. The van der Waals surface area contributed by atoms with E-state index >= 15 is 0 Å². The molecule has 0 aliphatic rings. The topological polar surface area (TPSA) is 87.0 Å². The molecule has 5 rings (SSSR count). The van der Waals surface area contributed by atoms with Crippen molar-refractivity contribution < 1.29 is 13.2 Å². The lowest BCUT2D eigenvalue weighted by Gasteiger charge is -2.10. The molecule has 0 fully saturated rings. The maximum atomic E-state index is 12.0. The highest BCUT2D eigenvalue weighted by atomic mass is 32.2. The standard InChI is InChI=1S/C23H18N4O3S/c1-30-18-9-10-20-19(14-18)25-22(17-8-7-15-5-3-4-6-16(15)13-17)27(20)21-11-12-24-23(26-21)31(2,28)29/h3-14H,1-2H3. The molecule has 2 heterocycles. The summed E-state index contributed by atoms with van der Waals surface area (Å²) in [4.78, 5) is 13.1. The lowest BCUT2D eigenvalue weighted by atomic mass is 10.1. The van der Waals surface area contributed by atoms with Gasteiger partial charge < -0.3 is 4.74 Å². The summed E-state index contributed by atoms with van der Waals surface area (Å²) in [7, 11) is -1.96. The second kappa shape index (κ2) is 7.17. The molecular weight excluding hydrogens is 412 g/mol. The number of hydrogen-bond acceptors (Lipinski definition) is 6. The molecule has 2 aromatic heterocycles. The van der Waals surface area contributed by atoms with Crippen molar-refractivity contribution in [1.82, 2.24) is 19.5 Å². The fraction of sp³-hybridized carbons (Fsp3) is 0.0870. The Balaban J connectivity index is 1.82. The molecule has 0 aliphatic carbocycles. The number of ether oxygens (including phenoxy) is 1. The number of hydrogen-bond donors (Lipinski definition) is 0. The van der Waals surface area contributed by atoms with Gasteiger partial charge in [-0.3, -0.25) is 4.57 Å². The van der Waals surface area contributed by atoms with E-state index in [-0.39, 0.29) is 5.16 Å². The zero-order chi connectivity index (χ0) is 21.6. The van der Waals surface area contributed by atoms with Crippen molar-refractivity contribution in [2.24, 2.45) is 0 Å². The summed E-state index contributed by atoms with van der Waals surface area (Å²) in [6, 6.07) is 21.4. The molecular formula is C23H18N4O3S. The van der Waals surface area contributed by atoms with Gasteiger partial charge in [-0.2, -0.15) is 0 Å². The number of fused-ring (bicyclic) bond motifs is 2. The third-order valence-corrected chi connectivity index (χ3v) is 5.91. The fourth-order valence-corrected chi connectivity index (χ4v) is 4.09. The molecule has 0 unspecified atom stereocenters. The van der Waals surface area contributed by atoms with Gasteiger partial charge in [-0.25, -0.2) is 23.4 Å². The van der Waals surface area contributed by atoms with E-state index in [2.05, 4.69) is 22.1 Å². The number of benzene rings is 3. The summed E-state index contributed by atoms with van der Waals surface area (Å²) >= 11 is 0. The average molecular weight is 430 g/mol. The van der Waals surface area contributed by atoms with E-state index in [1.54, 1.807) is 13.2 Å². The van der Waals surface area contributed by atoms with Gasteiger partial charge in [-0.1, -0.05) is 36.4 Å². The summed E-state index contributed by atoms with van der Waals surface area (Å²) in [6.07, 6.45) is 2.53. The Morgan fingerprint density at radius 3 is 2.48 bits per heavy atom. The largest absolute Gasteiger partial charge is 0.497 e. The normalized spacial score (nSPS) is 11.8. The summed E-state index contributed by atoms with van der Waals surface area (Å²) in [5, 5.41) is 1.97. The molecule has 0 saturated carbocycles. The van der Waals surface area contributed by atoms with Crippen LogP contribution >= 0.6 is 0 Å². The van der Waals surface area contributed by atoms with Crippen molar-refractivity contribution in [3.8, 4) is 23.0 Å². The van der Waals surface area contributed by atoms with Gasteiger partial charge in [0.25, 0.3) is 0 Å². The average Bonchev–Trinajstić information content (AvgIpc) is 3.17. The first kappa shape index (κ1) is 19.2. The Labute approximate surface area is 178 Å². The van der Waals surface area contributed by atoms with Crippen LogP contribution in [0.15, 0.2) is 78.1 Å². The Morgan fingerprint density at radius 1 is 0.903 bits per heavy atom. The van der Waals surface area contributed by atoms with Gasteiger partial charge in [0.15, 0.2) is 0 Å². The Morgan fingerprint density at radius 2 is 1.71 bits per heavy atom. The third kappa shape index (κ3) is 3.40. The molecule has 3 aromatic carbocycles. The van der Waals surface area contributed by atoms with Gasteiger partial charge in [0.1, 0.15) is 17.4 Å². The maximum Gasteiger partial charge on any atom is 0.248 e. The first-order valence-corrected chi connectivity index (χ1v) is 11.4. The quantitative estimate of drug-likeness (QED) is 0.400. The summed E-state index contributed by atoms with van der Waals surface area (Å²) in [5.74, 6) is 1.75. The predicted octanol–water partition coefficient (Wildman–Crippen LogP) is 4.05. The third-order valence-electron chi connectivity index (χ3n) is 5.05. The number of rotatable bonds is 4. The number of sulfone groups is 1. The van der Waals surface area contributed by atoms with Crippen LogP contribution in [0, 0.1) is 0 Å². The molecule has 5 aromatic rings. The first-order valence-electron chi connectivity index (χ1n) is 9.53. The van der Waals surface area contributed by atoms with Crippen molar-refractivity contribution in [2.75, 3.05) is 13.4 Å². The minimum Gasteiger partial charge on any atom is -0.497 e. The highest BCUT2D eigenvalue weighted by Gasteiger charge is 2.19. The Bertz CT molecular complexity index is 1560. The molecule has 7 nitrogen and oxygen atoms in total. The highest BCUT2D eigenvalue weighted by Crippen LogP contribution is 2.31. The van der Waals surface area contributed by atoms with Gasteiger partial charge in [0.2, 0.25) is 15.0 Å². The number of imidazole rings is 1. The zero-order valence-corrected chi connectivity index (χ0v) is 17.7. The lowest BCUT2D eigenvalue weighted by Crippen LogP contribution is -2.08. The second-order valence-electron chi connectivity index (χ2n) is 7.16. The van der Waals surface area contributed by atoms with E-state index < -0.39 is 9.84 Å². The Hall–Kier alpha value is -3.78. The number of methoxy groups -OCH3 is 1. The van der Waals surface area contributed by atoms with Crippen LogP contribution < -0.4 is 4.74 Å². The molecule has 0 spiro atoms. The van der Waals surface area contributed by atoms with E-state index in [0.717, 1.165) is 28.1 Å². The fourth-order valence-electron chi connectivity index (χ4n) is 3.58. The summed E-state index contributed by atoms with van der Waals surface area (Å²) in [6.45, 7) is 0.